The lowest BCUT2D eigenvalue weighted by Gasteiger charge is -2.06. The van der Waals surface area contributed by atoms with Gasteiger partial charge in [-0.1, -0.05) is 16.6 Å². The van der Waals surface area contributed by atoms with Crippen LogP contribution in [-0.4, -0.2) is 46.5 Å². The van der Waals surface area contributed by atoms with Gasteiger partial charge in [0.15, 0.2) is 5.15 Å². The molecule has 0 aromatic carbocycles. The summed E-state index contributed by atoms with van der Waals surface area (Å²) in [5.74, 6) is 0.630. The fourth-order valence-electron chi connectivity index (χ4n) is 2.42. The number of carbonyl (C=O) groups excluding carboxylic acids is 1. The van der Waals surface area contributed by atoms with E-state index in [1.165, 1.54) is 4.58 Å². The van der Waals surface area contributed by atoms with Crippen molar-refractivity contribution in [3.8, 4) is 0 Å². The van der Waals surface area contributed by atoms with Crippen molar-refractivity contribution >= 4 is 47.0 Å². The second-order valence-electron chi connectivity index (χ2n) is 4.63. The summed E-state index contributed by atoms with van der Waals surface area (Å²) >= 11 is 11.9. The lowest BCUT2D eigenvalue weighted by atomic mass is 10.1. The van der Waals surface area contributed by atoms with Gasteiger partial charge in [0, 0.05) is 12.5 Å². The smallest absolute Gasteiger partial charge is 0.381 e. The van der Waals surface area contributed by atoms with Crippen LogP contribution in [-0.2, 0) is 4.74 Å². The first-order valence-electron chi connectivity index (χ1n) is 6.38. The molecule has 0 radical (unpaired) electrons. The largest absolute Gasteiger partial charge is 0.448 e. The van der Waals surface area contributed by atoms with Gasteiger partial charge >= 0.3 is 17.1 Å². The summed E-state index contributed by atoms with van der Waals surface area (Å²) < 4.78 is 6.82. The molecular weight excluding hydrogens is 303 g/mol. The zero-order valence-corrected chi connectivity index (χ0v) is 12.4. The molecule has 20 heavy (non-hydrogen) atoms. The van der Waals surface area contributed by atoms with Gasteiger partial charge in [-0.25, -0.2) is 9.69 Å². The Kier molecular flexibility index (Phi) is 3.62. The van der Waals surface area contributed by atoms with Crippen LogP contribution in [0.15, 0.2) is 0 Å². The number of nitrogens with zero attached hydrogens (tertiary/aromatic N) is 4. The van der Waals surface area contributed by atoms with Gasteiger partial charge in [-0.15, -0.1) is 0 Å². The van der Waals surface area contributed by atoms with Crippen molar-refractivity contribution < 1.29 is 14.1 Å². The summed E-state index contributed by atoms with van der Waals surface area (Å²) in [6, 6.07) is -0.187. The monoisotopic (exact) mass is 315 g/mol. The molecule has 3 heterocycles. The maximum Gasteiger partial charge on any atom is 0.448 e. The highest BCUT2D eigenvalue weighted by Crippen LogP contribution is 2.39. The number of anilines is 1. The molecule has 8 heteroatoms. The SMILES string of the molecule is CCN1C(=O)/[N+](=C\C2CCOC2)c2nc(Cl)nc(Cl)c21. The van der Waals surface area contributed by atoms with Crippen LogP contribution in [0.25, 0.3) is 0 Å². The summed E-state index contributed by atoms with van der Waals surface area (Å²) in [5.41, 5.74) is 0.513. The molecular formula is C12H13Cl2N4O2+. The molecule has 2 aliphatic rings. The summed E-state index contributed by atoms with van der Waals surface area (Å²) in [4.78, 5) is 22.0. The van der Waals surface area contributed by atoms with E-state index in [9.17, 15) is 4.79 Å². The Hall–Kier alpha value is -1.24. The second kappa shape index (κ2) is 5.27. The first-order valence-corrected chi connectivity index (χ1v) is 7.14. The van der Waals surface area contributed by atoms with E-state index in [4.69, 9.17) is 27.9 Å². The van der Waals surface area contributed by atoms with Gasteiger partial charge in [-0.05, 0) is 24.9 Å². The van der Waals surface area contributed by atoms with Crippen LogP contribution in [0.4, 0.5) is 16.3 Å². The van der Waals surface area contributed by atoms with E-state index < -0.39 is 0 Å². The Balaban J connectivity index is 2.11. The van der Waals surface area contributed by atoms with Crippen LogP contribution in [0.5, 0.6) is 0 Å². The Morgan fingerprint density at radius 2 is 2.30 bits per heavy atom. The maximum atomic E-state index is 12.5. The fraction of sp³-hybridized carbons (Fsp3) is 0.500. The summed E-state index contributed by atoms with van der Waals surface area (Å²) in [7, 11) is 0. The number of halogens is 2. The molecule has 0 spiro atoms. The van der Waals surface area contributed by atoms with Crippen molar-refractivity contribution in [1.82, 2.24) is 9.97 Å². The fourth-order valence-corrected chi connectivity index (χ4v) is 2.89. The van der Waals surface area contributed by atoms with E-state index in [2.05, 4.69) is 9.97 Å². The molecule has 1 aromatic heterocycles. The molecule has 0 saturated carbocycles. The summed E-state index contributed by atoms with van der Waals surface area (Å²) in [5, 5.41) is 0.217. The minimum Gasteiger partial charge on any atom is -0.381 e. The van der Waals surface area contributed by atoms with E-state index in [1.807, 2.05) is 13.1 Å². The Labute approximate surface area is 126 Å². The lowest BCUT2D eigenvalue weighted by Crippen LogP contribution is -2.31. The molecule has 6 nitrogen and oxygen atoms in total. The number of carbonyl (C=O) groups is 1. The number of hydrogen-bond acceptors (Lipinski definition) is 4. The molecule has 106 valence electrons. The van der Waals surface area contributed by atoms with Crippen LogP contribution in [0, 0.1) is 5.92 Å². The number of aromatic nitrogens is 2. The van der Waals surface area contributed by atoms with Crippen molar-refractivity contribution in [3.63, 3.8) is 0 Å². The highest BCUT2D eigenvalue weighted by Gasteiger charge is 2.43. The second-order valence-corrected chi connectivity index (χ2v) is 5.32. The van der Waals surface area contributed by atoms with Crippen molar-refractivity contribution in [2.45, 2.75) is 13.3 Å². The van der Waals surface area contributed by atoms with E-state index in [-0.39, 0.29) is 22.4 Å². The highest BCUT2D eigenvalue weighted by atomic mass is 35.5. The van der Waals surface area contributed by atoms with Crippen LogP contribution >= 0.6 is 23.2 Å². The highest BCUT2D eigenvalue weighted by molar-refractivity contribution is 6.35. The van der Waals surface area contributed by atoms with Gasteiger partial charge in [-0.2, -0.15) is 9.56 Å². The Bertz CT molecular complexity index is 599. The zero-order valence-electron chi connectivity index (χ0n) is 10.8. The third-order valence-corrected chi connectivity index (χ3v) is 3.80. The summed E-state index contributed by atoms with van der Waals surface area (Å²) in [6.07, 6.45) is 2.72. The molecule has 0 aliphatic carbocycles. The van der Waals surface area contributed by atoms with Gasteiger partial charge in [-0.3, -0.25) is 0 Å². The molecule has 1 atom stereocenters. The van der Waals surface area contributed by atoms with E-state index >= 15 is 0 Å². The number of fused-ring (bicyclic) bond motifs is 1. The molecule has 2 amide bonds. The maximum absolute atomic E-state index is 12.5. The van der Waals surface area contributed by atoms with Crippen molar-refractivity contribution in [1.29, 1.82) is 0 Å². The molecule has 1 saturated heterocycles. The van der Waals surface area contributed by atoms with Crippen molar-refractivity contribution in [2.24, 2.45) is 5.92 Å². The third kappa shape index (κ3) is 2.17. The standard InChI is InChI=1S/C12H13Cl2N4O2/c1-2-17-8-9(13)15-11(14)16-10(8)18(12(17)19)5-7-3-4-20-6-7/h5,7H,2-4,6H2,1H3/q+1/b18-5-. The Morgan fingerprint density at radius 3 is 2.95 bits per heavy atom. The first kappa shape index (κ1) is 13.7. The van der Waals surface area contributed by atoms with E-state index in [0.29, 0.717) is 31.3 Å². The molecule has 3 rings (SSSR count). The molecule has 0 bridgehead atoms. The molecule has 1 aromatic rings. The van der Waals surface area contributed by atoms with Crippen LogP contribution in [0.3, 0.4) is 0 Å². The number of urea groups is 1. The van der Waals surface area contributed by atoms with Crippen LogP contribution < -0.4 is 4.90 Å². The van der Waals surface area contributed by atoms with Gasteiger partial charge in [0.25, 0.3) is 0 Å². The predicted molar refractivity (Wildman–Crippen MR) is 75.4 cm³/mol. The average Bonchev–Trinajstić information content (AvgIpc) is 2.99. The van der Waals surface area contributed by atoms with Gasteiger partial charge in [0.1, 0.15) is 0 Å². The predicted octanol–water partition coefficient (Wildman–Crippen LogP) is 2.49. The topological polar surface area (TPSA) is 58.3 Å². The average molecular weight is 316 g/mol. The van der Waals surface area contributed by atoms with Crippen molar-refractivity contribution in [2.75, 3.05) is 24.7 Å². The normalized spacial score (nSPS) is 23.8. The zero-order chi connectivity index (χ0) is 14.3. The summed E-state index contributed by atoms with van der Waals surface area (Å²) in [6.45, 7) is 3.67. The minimum absolute atomic E-state index is 0.0283. The van der Waals surface area contributed by atoms with Gasteiger partial charge in [0.2, 0.25) is 5.69 Å². The van der Waals surface area contributed by atoms with Crippen LogP contribution in [0.1, 0.15) is 13.3 Å². The van der Waals surface area contributed by atoms with Gasteiger partial charge in [0.05, 0.1) is 19.4 Å². The number of rotatable bonds is 2. The number of amides is 2. The molecule has 1 unspecified atom stereocenters. The molecule has 2 aliphatic heterocycles. The minimum atomic E-state index is -0.187. The van der Waals surface area contributed by atoms with E-state index in [0.717, 1.165) is 6.42 Å². The quantitative estimate of drug-likeness (QED) is 0.478. The third-order valence-electron chi connectivity index (χ3n) is 3.37. The van der Waals surface area contributed by atoms with Crippen molar-refractivity contribution in [3.05, 3.63) is 10.4 Å². The first-order chi connectivity index (χ1) is 9.61. The number of hydrogen-bond donors (Lipinski definition) is 0. The molecule has 0 N–H and O–H groups in total. The lowest BCUT2D eigenvalue weighted by molar-refractivity contribution is -0.324. The van der Waals surface area contributed by atoms with Gasteiger partial charge < -0.3 is 4.74 Å². The number of ether oxygens (including phenoxy) is 1. The van der Waals surface area contributed by atoms with Crippen LogP contribution in [0.2, 0.25) is 10.4 Å². The van der Waals surface area contributed by atoms with E-state index in [1.54, 1.807) is 4.90 Å². The molecule has 1 fully saturated rings. The Morgan fingerprint density at radius 1 is 1.50 bits per heavy atom.